The number of nitrogens with zero attached hydrogens (tertiary/aromatic N) is 1. The SMILES string of the molecule is CCCC(CNC(C)C)N1CCCC1CC. The Balaban J connectivity index is 2.47. The molecule has 0 aliphatic carbocycles. The lowest BCUT2D eigenvalue weighted by atomic mass is 10.1. The first-order valence-corrected chi connectivity index (χ1v) is 7.18. The van der Waals surface area contributed by atoms with Gasteiger partial charge in [-0.3, -0.25) is 4.90 Å². The van der Waals surface area contributed by atoms with Crippen molar-refractivity contribution >= 4 is 0 Å². The van der Waals surface area contributed by atoms with Crippen LogP contribution in [-0.2, 0) is 0 Å². The summed E-state index contributed by atoms with van der Waals surface area (Å²) < 4.78 is 0. The van der Waals surface area contributed by atoms with Crippen LogP contribution >= 0.6 is 0 Å². The lowest BCUT2D eigenvalue weighted by Crippen LogP contribution is -2.46. The zero-order valence-corrected chi connectivity index (χ0v) is 11.6. The van der Waals surface area contributed by atoms with Crippen molar-refractivity contribution in [2.75, 3.05) is 13.1 Å². The van der Waals surface area contributed by atoms with Gasteiger partial charge in [-0.1, -0.05) is 34.1 Å². The molecule has 2 unspecified atom stereocenters. The minimum Gasteiger partial charge on any atom is -0.313 e. The van der Waals surface area contributed by atoms with E-state index in [2.05, 4.69) is 37.9 Å². The maximum atomic E-state index is 3.61. The van der Waals surface area contributed by atoms with E-state index in [9.17, 15) is 0 Å². The highest BCUT2D eigenvalue weighted by molar-refractivity contribution is 4.85. The number of rotatable bonds is 7. The van der Waals surface area contributed by atoms with Crippen molar-refractivity contribution in [3.05, 3.63) is 0 Å². The van der Waals surface area contributed by atoms with Gasteiger partial charge in [0.05, 0.1) is 0 Å². The minimum atomic E-state index is 0.613. The summed E-state index contributed by atoms with van der Waals surface area (Å²) in [5, 5.41) is 3.61. The number of hydrogen-bond donors (Lipinski definition) is 1. The molecule has 1 fully saturated rings. The van der Waals surface area contributed by atoms with E-state index in [0.29, 0.717) is 6.04 Å². The third-order valence-corrected chi connectivity index (χ3v) is 3.75. The predicted octanol–water partition coefficient (Wildman–Crippen LogP) is 3.03. The maximum Gasteiger partial charge on any atom is 0.0223 e. The van der Waals surface area contributed by atoms with Crippen LogP contribution in [-0.4, -0.2) is 36.1 Å². The van der Waals surface area contributed by atoms with Crippen LogP contribution in [0.15, 0.2) is 0 Å². The van der Waals surface area contributed by atoms with Crippen molar-refractivity contribution in [3.8, 4) is 0 Å². The molecule has 1 rings (SSSR count). The quantitative estimate of drug-likeness (QED) is 0.718. The van der Waals surface area contributed by atoms with Crippen molar-refractivity contribution < 1.29 is 0 Å². The molecular weight excluding hydrogens is 196 g/mol. The number of likely N-dealkylation sites (tertiary alicyclic amines) is 1. The van der Waals surface area contributed by atoms with E-state index in [-0.39, 0.29) is 0 Å². The molecule has 0 bridgehead atoms. The van der Waals surface area contributed by atoms with Gasteiger partial charge in [-0.2, -0.15) is 0 Å². The summed E-state index contributed by atoms with van der Waals surface area (Å²) in [6.45, 7) is 11.6. The second-order valence-corrected chi connectivity index (χ2v) is 5.45. The molecule has 0 radical (unpaired) electrons. The maximum absolute atomic E-state index is 3.61. The molecular formula is C14H30N2. The van der Waals surface area contributed by atoms with Gasteiger partial charge in [0.25, 0.3) is 0 Å². The summed E-state index contributed by atoms with van der Waals surface area (Å²) >= 11 is 0. The van der Waals surface area contributed by atoms with Gasteiger partial charge >= 0.3 is 0 Å². The molecule has 1 saturated heterocycles. The van der Waals surface area contributed by atoms with Gasteiger partial charge in [0.15, 0.2) is 0 Å². The molecule has 0 spiro atoms. The van der Waals surface area contributed by atoms with Gasteiger partial charge < -0.3 is 5.32 Å². The van der Waals surface area contributed by atoms with Crippen LogP contribution < -0.4 is 5.32 Å². The van der Waals surface area contributed by atoms with Crippen LogP contribution in [0.4, 0.5) is 0 Å². The molecule has 16 heavy (non-hydrogen) atoms. The van der Waals surface area contributed by atoms with Crippen molar-refractivity contribution in [1.29, 1.82) is 0 Å². The van der Waals surface area contributed by atoms with Crippen LogP contribution in [0.3, 0.4) is 0 Å². The largest absolute Gasteiger partial charge is 0.313 e. The Bertz CT molecular complexity index is 180. The van der Waals surface area contributed by atoms with Crippen LogP contribution in [0.2, 0.25) is 0 Å². The van der Waals surface area contributed by atoms with Gasteiger partial charge in [0.1, 0.15) is 0 Å². The van der Waals surface area contributed by atoms with Crippen LogP contribution in [0.5, 0.6) is 0 Å². The highest BCUT2D eigenvalue weighted by Crippen LogP contribution is 2.24. The lowest BCUT2D eigenvalue weighted by Gasteiger charge is -2.33. The van der Waals surface area contributed by atoms with Crippen molar-refractivity contribution in [2.45, 2.75) is 77.9 Å². The predicted molar refractivity (Wildman–Crippen MR) is 71.9 cm³/mol. The molecule has 0 aromatic rings. The summed E-state index contributed by atoms with van der Waals surface area (Å²) in [5.74, 6) is 0. The smallest absolute Gasteiger partial charge is 0.0223 e. The Morgan fingerprint density at radius 1 is 1.31 bits per heavy atom. The third-order valence-electron chi connectivity index (χ3n) is 3.75. The Labute approximate surface area is 102 Å². The van der Waals surface area contributed by atoms with E-state index < -0.39 is 0 Å². The average molecular weight is 226 g/mol. The minimum absolute atomic E-state index is 0.613. The topological polar surface area (TPSA) is 15.3 Å². The first-order valence-electron chi connectivity index (χ1n) is 7.18. The summed E-state index contributed by atoms with van der Waals surface area (Å²) in [4.78, 5) is 2.76. The van der Waals surface area contributed by atoms with Gasteiger partial charge in [-0.25, -0.2) is 0 Å². The molecule has 0 aromatic carbocycles. The normalized spacial score (nSPS) is 24.2. The number of hydrogen-bond acceptors (Lipinski definition) is 2. The molecule has 1 heterocycles. The van der Waals surface area contributed by atoms with Crippen molar-refractivity contribution in [1.82, 2.24) is 10.2 Å². The van der Waals surface area contributed by atoms with Gasteiger partial charge in [-0.05, 0) is 32.2 Å². The zero-order chi connectivity index (χ0) is 12.0. The molecule has 2 atom stereocenters. The lowest BCUT2D eigenvalue weighted by molar-refractivity contribution is 0.160. The Kier molecular flexibility index (Phi) is 6.37. The van der Waals surface area contributed by atoms with E-state index >= 15 is 0 Å². The standard InChI is InChI=1S/C14H30N2/c1-5-8-14(11-15-12(3)4)16-10-7-9-13(16)6-2/h12-15H,5-11H2,1-4H3. The molecule has 96 valence electrons. The second-order valence-electron chi connectivity index (χ2n) is 5.45. The van der Waals surface area contributed by atoms with Gasteiger partial charge in [-0.15, -0.1) is 0 Å². The molecule has 0 aromatic heterocycles. The van der Waals surface area contributed by atoms with Crippen LogP contribution in [0, 0.1) is 0 Å². The number of nitrogens with one attached hydrogen (secondary N) is 1. The Morgan fingerprint density at radius 2 is 2.06 bits per heavy atom. The first-order chi connectivity index (χ1) is 7.69. The highest BCUT2D eigenvalue weighted by atomic mass is 15.2. The van der Waals surface area contributed by atoms with Crippen molar-refractivity contribution in [3.63, 3.8) is 0 Å². The molecule has 1 aliphatic rings. The van der Waals surface area contributed by atoms with E-state index in [4.69, 9.17) is 0 Å². The molecule has 0 amide bonds. The van der Waals surface area contributed by atoms with E-state index in [1.807, 2.05) is 0 Å². The molecule has 1 N–H and O–H groups in total. The van der Waals surface area contributed by atoms with Crippen molar-refractivity contribution in [2.24, 2.45) is 0 Å². The average Bonchev–Trinajstić information content (AvgIpc) is 2.71. The fourth-order valence-electron chi connectivity index (χ4n) is 2.87. The van der Waals surface area contributed by atoms with Crippen LogP contribution in [0.1, 0.15) is 59.8 Å². The monoisotopic (exact) mass is 226 g/mol. The summed E-state index contributed by atoms with van der Waals surface area (Å²) in [6.07, 6.45) is 6.79. The Hall–Kier alpha value is -0.0800. The second kappa shape index (κ2) is 7.29. The summed E-state index contributed by atoms with van der Waals surface area (Å²) in [5.41, 5.74) is 0. The van der Waals surface area contributed by atoms with E-state index in [0.717, 1.165) is 12.1 Å². The molecule has 1 aliphatic heterocycles. The molecule has 0 saturated carbocycles. The van der Waals surface area contributed by atoms with Crippen LogP contribution in [0.25, 0.3) is 0 Å². The van der Waals surface area contributed by atoms with E-state index in [1.54, 1.807) is 0 Å². The third kappa shape index (κ3) is 4.06. The molecule has 2 heteroatoms. The Morgan fingerprint density at radius 3 is 2.62 bits per heavy atom. The fourth-order valence-corrected chi connectivity index (χ4v) is 2.87. The van der Waals surface area contributed by atoms with E-state index in [1.165, 1.54) is 45.2 Å². The summed E-state index contributed by atoms with van der Waals surface area (Å²) in [7, 11) is 0. The zero-order valence-electron chi connectivity index (χ0n) is 11.6. The van der Waals surface area contributed by atoms with Gasteiger partial charge in [0.2, 0.25) is 0 Å². The highest BCUT2D eigenvalue weighted by Gasteiger charge is 2.28. The first kappa shape index (κ1) is 14.0. The molecule has 2 nitrogen and oxygen atoms in total. The fraction of sp³-hybridized carbons (Fsp3) is 1.00. The summed E-state index contributed by atoms with van der Waals surface area (Å²) in [6, 6.07) is 2.23. The van der Waals surface area contributed by atoms with Gasteiger partial charge in [0, 0.05) is 24.7 Å².